The summed E-state index contributed by atoms with van der Waals surface area (Å²) in [6.07, 6.45) is 2.47. The largest absolute Gasteiger partial charge is 0.354 e. The van der Waals surface area contributed by atoms with Crippen LogP contribution in [0.4, 0.5) is 0 Å². The summed E-state index contributed by atoms with van der Waals surface area (Å²) in [5.41, 5.74) is 2.39. The second-order valence-electron chi connectivity index (χ2n) is 5.03. The molecule has 0 saturated carbocycles. The highest BCUT2D eigenvalue weighted by molar-refractivity contribution is 7.89. The molecule has 0 fully saturated rings. The smallest absolute Gasteiger partial charge is 0.240 e. The molecule has 0 heterocycles. The van der Waals surface area contributed by atoms with Crippen LogP contribution < -0.4 is 4.72 Å². The summed E-state index contributed by atoms with van der Waals surface area (Å²) < 4.78 is 37.4. The third-order valence-electron chi connectivity index (χ3n) is 3.59. The molecule has 20 heavy (non-hydrogen) atoms. The Hall–Kier alpha value is -0.950. The maximum Gasteiger partial charge on any atom is 0.240 e. The van der Waals surface area contributed by atoms with Crippen LogP contribution in [0.5, 0.6) is 0 Å². The van der Waals surface area contributed by atoms with E-state index < -0.39 is 22.4 Å². The van der Waals surface area contributed by atoms with Gasteiger partial charge in [-0.3, -0.25) is 0 Å². The highest BCUT2D eigenvalue weighted by Gasteiger charge is 2.24. The lowest BCUT2D eigenvalue weighted by molar-refractivity contribution is -0.115. The highest BCUT2D eigenvalue weighted by Crippen LogP contribution is 2.24. The van der Waals surface area contributed by atoms with Gasteiger partial charge in [0.25, 0.3) is 0 Å². The van der Waals surface area contributed by atoms with Crippen LogP contribution in [-0.2, 0) is 32.3 Å². The molecule has 5 nitrogen and oxygen atoms in total. The van der Waals surface area contributed by atoms with E-state index in [1.54, 1.807) is 19.1 Å². The third-order valence-corrected chi connectivity index (χ3v) is 5.15. The van der Waals surface area contributed by atoms with Crippen LogP contribution in [0.25, 0.3) is 0 Å². The molecule has 1 N–H and O–H groups in total. The van der Waals surface area contributed by atoms with E-state index in [1.165, 1.54) is 19.8 Å². The normalized spacial score (nSPS) is 16.4. The Morgan fingerprint density at radius 1 is 1.15 bits per heavy atom. The molecule has 1 aliphatic carbocycles. The summed E-state index contributed by atoms with van der Waals surface area (Å²) in [5.74, 6) is 0. The monoisotopic (exact) mass is 299 g/mol. The van der Waals surface area contributed by atoms with E-state index in [0.29, 0.717) is 4.90 Å². The minimum atomic E-state index is -3.56. The Bertz CT molecular complexity index is 567. The van der Waals surface area contributed by atoms with Gasteiger partial charge in [-0.1, -0.05) is 6.07 Å². The topological polar surface area (TPSA) is 64.6 Å². The van der Waals surface area contributed by atoms with Gasteiger partial charge in [0, 0.05) is 14.2 Å². The lowest BCUT2D eigenvalue weighted by atomic mass is 10.1. The van der Waals surface area contributed by atoms with E-state index in [2.05, 4.69) is 4.72 Å². The van der Waals surface area contributed by atoms with Gasteiger partial charge < -0.3 is 9.47 Å². The van der Waals surface area contributed by atoms with Gasteiger partial charge in [-0.2, -0.15) is 0 Å². The lowest BCUT2D eigenvalue weighted by Crippen LogP contribution is -2.42. The van der Waals surface area contributed by atoms with Crippen molar-refractivity contribution in [3.05, 3.63) is 29.3 Å². The molecular weight excluding hydrogens is 278 g/mol. The minimum Gasteiger partial charge on any atom is -0.354 e. The first kappa shape index (κ1) is 15.4. The second-order valence-corrected chi connectivity index (χ2v) is 6.75. The summed E-state index contributed by atoms with van der Waals surface area (Å²) in [4.78, 5) is 0.302. The fraction of sp³-hybridized carbons (Fsp3) is 0.571. The number of sulfonamides is 1. The molecule has 112 valence electrons. The van der Waals surface area contributed by atoms with Crippen molar-refractivity contribution in [2.75, 3.05) is 14.2 Å². The fourth-order valence-electron chi connectivity index (χ4n) is 2.59. The Morgan fingerprint density at radius 3 is 2.45 bits per heavy atom. The average molecular weight is 299 g/mol. The van der Waals surface area contributed by atoms with Crippen molar-refractivity contribution in [2.24, 2.45) is 0 Å². The molecule has 0 radical (unpaired) electrons. The van der Waals surface area contributed by atoms with Crippen molar-refractivity contribution in [1.82, 2.24) is 4.72 Å². The molecule has 1 aromatic rings. The van der Waals surface area contributed by atoms with Gasteiger partial charge in [-0.05, 0) is 49.4 Å². The van der Waals surface area contributed by atoms with Gasteiger partial charge in [0.05, 0.1) is 10.9 Å². The third kappa shape index (κ3) is 3.20. The van der Waals surface area contributed by atoms with E-state index in [4.69, 9.17) is 9.47 Å². The second kappa shape index (κ2) is 6.22. The van der Waals surface area contributed by atoms with E-state index in [0.717, 1.165) is 24.8 Å². The Morgan fingerprint density at radius 2 is 1.80 bits per heavy atom. The number of nitrogens with one attached hydrogen (secondary N) is 1. The predicted octanol–water partition coefficient (Wildman–Crippen LogP) is 1.46. The van der Waals surface area contributed by atoms with Crippen molar-refractivity contribution < 1.29 is 17.9 Å². The van der Waals surface area contributed by atoms with Crippen LogP contribution in [0, 0.1) is 0 Å². The van der Waals surface area contributed by atoms with Crippen molar-refractivity contribution in [2.45, 2.75) is 43.4 Å². The van der Waals surface area contributed by atoms with Crippen molar-refractivity contribution in [3.8, 4) is 0 Å². The number of hydrogen-bond donors (Lipinski definition) is 1. The number of benzene rings is 1. The number of fused-ring (bicyclic) bond motifs is 1. The van der Waals surface area contributed by atoms with Gasteiger partial charge >= 0.3 is 0 Å². The quantitative estimate of drug-likeness (QED) is 0.808. The Balaban J connectivity index is 2.18. The van der Waals surface area contributed by atoms with Crippen molar-refractivity contribution in [3.63, 3.8) is 0 Å². The average Bonchev–Trinajstić information content (AvgIpc) is 2.86. The van der Waals surface area contributed by atoms with E-state index >= 15 is 0 Å². The first-order valence-corrected chi connectivity index (χ1v) is 8.16. The van der Waals surface area contributed by atoms with Crippen molar-refractivity contribution in [1.29, 1.82) is 0 Å². The molecule has 1 aliphatic rings. The Labute approximate surface area is 120 Å². The number of rotatable bonds is 6. The molecular formula is C14H21NO4S. The molecule has 0 amide bonds. The maximum absolute atomic E-state index is 12.4. The molecule has 2 rings (SSSR count). The first-order valence-electron chi connectivity index (χ1n) is 6.67. The van der Waals surface area contributed by atoms with Crippen LogP contribution in [0.3, 0.4) is 0 Å². The minimum absolute atomic E-state index is 0.302. The molecule has 1 unspecified atom stereocenters. The number of hydrogen-bond acceptors (Lipinski definition) is 4. The summed E-state index contributed by atoms with van der Waals surface area (Å²) >= 11 is 0. The van der Waals surface area contributed by atoms with Gasteiger partial charge in [0.15, 0.2) is 6.29 Å². The SMILES string of the molecule is COC(OC)C(C)NS(=O)(=O)c1ccc2c(c1)CCC2. The first-order chi connectivity index (χ1) is 9.47. The van der Waals surface area contributed by atoms with Crippen molar-refractivity contribution >= 4 is 10.0 Å². The van der Waals surface area contributed by atoms with E-state index in [1.807, 2.05) is 6.07 Å². The standard InChI is InChI=1S/C14H21NO4S/c1-10(14(18-2)19-3)15-20(16,17)13-8-7-11-5-4-6-12(11)9-13/h7-10,14-15H,4-6H2,1-3H3. The Kier molecular flexibility index (Phi) is 4.80. The molecule has 0 saturated heterocycles. The number of ether oxygens (including phenoxy) is 2. The lowest BCUT2D eigenvalue weighted by Gasteiger charge is -2.22. The van der Waals surface area contributed by atoms with Gasteiger partial charge in [0.2, 0.25) is 10.0 Å². The fourth-order valence-corrected chi connectivity index (χ4v) is 3.87. The summed E-state index contributed by atoms with van der Waals surface area (Å²) in [7, 11) is -0.595. The number of aryl methyl sites for hydroxylation is 2. The zero-order valence-electron chi connectivity index (χ0n) is 12.0. The summed E-state index contributed by atoms with van der Waals surface area (Å²) in [6.45, 7) is 1.71. The predicted molar refractivity (Wildman–Crippen MR) is 76.1 cm³/mol. The van der Waals surface area contributed by atoms with E-state index in [9.17, 15) is 8.42 Å². The molecule has 0 spiro atoms. The zero-order valence-corrected chi connectivity index (χ0v) is 12.9. The molecule has 6 heteroatoms. The molecule has 0 aromatic heterocycles. The van der Waals surface area contributed by atoms with E-state index in [-0.39, 0.29) is 0 Å². The molecule has 0 bridgehead atoms. The van der Waals surface area contributed by atoms with Crippen LogP contribution in [0.1, 0.15) is 24.5 Å². The van der Waals surface area contributed by atoms with Gasteiger partial charge in [-0.25, -0.2) is 13.1 Å². The number of methoxy groups -OCH3 is 2. The molecule has 1 atom stereocenters. The van der Waals surface area contributed by atoms with Crippen LogP contribution >= 0.6 is 0 Å². The highest BCUT2D eigenvalue weighted by atomic mass is 32.2. The molecule has 1 aromatic carbocycles. The zero-order chi connectivity index (χ0) is 14.8. The van der Waals surface area contributed by atoms with Crippen LogP contribution in [-0.4, -0.2) is 35.0 Å². The van der Waals surface area contributed by atoms with Crippen LogP contribution in [0.2, 0.25) is 0 Å². The van der Waals surface area contributed by atoms with Crippen LogP contribution in [0.15, 0.2) is 23.1 Å². The molecule has 0 aliphatic heterocycles. The van der Waals surface area contributed by atoms with Gasteiger partial charge in [-0.15, -0.1) is 0 Å². The summed E-state index contributed by atoms with van der Waals surface area (Å²) in [5, 5.41) is 0. The van der Waals surface area contributed by atoms with Gasteiger partial charge in [0.1, 0.15) is 0 Å². The maximum atomic E-state index is 12.4. The summed E-state index contributed by atoms with van der Waals surface area (Å²) in [6, 6.07) is 4.87.